The third kappa shape index (κ3) is 5.05. The molecule has 24 heavy (non-hydrogen) atoms. The van der Waals surface area contributed by atoms with Crippen LogP contribution in [0, 0.1) is 0 Å². The van der Waals surface area contributed by atoms with Gasteiger partial charge in [0, 0.05) is 37.5 Å². The first-order valence-electron chi connectivity index (χ1n) is 7.51. The molecular weight excluding hydrogens is 374 g/mol. The fourth-order valence-corrected chi connectivity index (χ4v) is 2.57. The number of nitrogens with two attached hydrogens (primary N) is 1. The smallest absolute Gasteiger partial charge is 0.159 e. The Balaban J connectivity index is 2.23. The Kier molecular flexibility index (Phi) is 7.23. The maximum Gasteiger partial charge on any atom is 0.159 e. The number of anilines is 4. The first-order valence-corrected chi connectivity index (χ1v) is 8.31. The molecule has 0 aliphatic rings. The minimum absolute atomic E-state index is 0.490. The van der Waals surface area contributed by atoms with Crippen molar-refractivity contribution >= 4 is 38.9 Å². The average Bonchev–Trinajstić information content (AvgIpc) is 2.57. The minimum atomic E-state index is 0.490. The monoisotopic (exact) mass is 395 g/mol. The summed E-state index contributed by atoms with van der Waals surface area (Å²) in [6.07, 6.45) is 1.50. The van der Waals surface area contributed by atoms with Gasteiger partial charge in [0.1, 0.15) is 12.0 Å². The van der Waals surface area contributed by atoms with Crippen LogP contribution < -0.4 is 16.0 Å². The van der Waals surface area contributed by atoms with Gasteiger partial charge in [0.2, 0.25) is 0 Å². The SMILES string of the molecule is COCCN(CCOC)c1ncnc(Nc2cccc(Br)c2)c1N. The summed E-state index contributed by atoms with van der Waals surface area (Å²) in [5, 5.41) is 3.23. The number of hydrogen-bond donors (Lipinski definition) is 2. The molecule has 2 rings (SSSR count). The Bertz CT molecular complexity index is 648. The van der Waals surface area contributed by atoms with Gasteiger partial charge in [-0.3, -0.25) is 0 Å². The minimum Gasteiger partial charge on any atom is -0.393 e. The molecule has 0 spiro atoms. The lowest BCUT2D eigenvalue weighted by Crippen LogP contribution is -2.32. The van der Waals surface area contributed by atoms with Crippen LogP contribution in [-0.4, -0.2) is 50.5 Å². The normalized spacial score (nSPS) is 10.6. The molecule has 1 heterocycles. The Morgan fingerprint density at radius 2 is 1.88 bits per heavy atom. The van der Waals surface area contributed by atoms with Gasteiger partial charge in [-0.15, -0.1) is 0 Å². The van der Waals surface area contributed by atoms with Crippen molar-refractivity contribution < 1.29 is 9.47 Å². The molecule has 130 valence electrons. The van der Waals surface area contributed by atoms with Crippen LogP contribution in [0.2, 0.25) is 0 Å². The van der Waals surface area contributed by atoms with Gasteiger partial charge >= 0.3 is 0 Å². The van der Waals surface area contributed by atoms with Gasteiger partial charge < -0.3 is 25.4 Å². The van der Waals surface area contributed by atoms with Crippen LogP contribution in [0.25, 0.3) is 0 Å². The van der Waals surface area contributed by atoms with Crippen molar-refractivity contribution in [2.45, 2.75) is 0 Å². The quantitative estimate of drug-likeness (QED) is 0.674. The van der Waals surface area contributed by atoms with E-state index in [1.807, 2.05) is 29.2 Å². The maximum atomic E-state index is 6.29. The van der Waals surface area contributed by atoms with E-state index in [-0.39, 0.29) is 0 Å². The molecule has 0 saturated carbocycles. The second-order valence-corrected chi connectivity index (χ2v) is 5.98. The molecule has 0 saturated heterocycles. The topological polar surface area (TPSA) is 85.5 Å². The summed E-state index contributed by atoms with van der Waals surface area (Å²) in [5.74, 6) is 1.23. The fraction of sp³-hybridized carbons (Fsp3) is 0.375. The van der Waals surface area contributed by atoms with Crippen LogP contribution >= 0.6 is 15.9 Å². The van der Waals surface area contributed by atoms with Crippen molar-refractivity contribution in [2.24, 2.45) is 0 Å². The Hall–Kier alpha value is -1.90. The molecule has 2 aromatic rings. The molecule has 0 fully saturated rings. The van der Waals surface area contributed by atoms with Crippen molar-refractivity contribution in [3.63, 3.8) is 0 Å². The number of ether oxygens (including phenoxy) is 2. The summed E-state index contributed by atoms with van der Waals surface area (Å²) >= 11 is 3.45. The van der Waals surface area contributed by atoms with E-state index in [9.17, 15) is 0 Å². The molecule has 0 amide bonds. The molecule has 1 aromatic carbocycles. The van der Waals surface area contributed by atoms with Crippen molar-refractivity contribution in [3.8, 4) is 0 Å². The highest BCUT2D eigenvalue weighted by Gasteiger charge is 2.15. The lowest BCUT2D eigenvalue weighted by atomic mass is 10.3. The van der Waals surface area contributed by atoms with Crippen LogP contribution in [0.5, 0.6) is 0 Å². The molecule has 1 aromatic heterocycles. The molecule has 0 radical (unpaired) electrons. The van der Waals surface area contributed by atoms with Gasteiger partial charge in [-0.1, -0.05) is 22.0 Å². The summed E-state index contributed by atoms with van der Waals surface area (Å²) in [6, 6.07) is 7.79. The number of nitrogens with zero attached hydrogens (tertiary/aromatic N) is 3. The van der Waals surface area contributed by atoms with Gasteiger partial charge in [0.15, 0.2) is 11.6 Å². The third-order valence-electron chi connectivity index (χ3n) is 3.38. The molecule has 0 bridgehead atoms. The Labute approximate surface area is 150 Å². The van der Waals surface area contributed by atoms with Gasteiger partial charge in [-0.2, -0.15) is 0 Å². The van der Waals surface area contributed by atoms with Gasteiger partial charge in [0.05, 0.1) is 13.2 Å². The van der Waals surface area contributed by atoms with E-state index in [1.165, 1.54) is 6.33 Å². The number of aromatic nitrogens is 2. The van der Waals surface area contributed by atoms with E-state index in [0.29, 0.717) is 43.6 Å². The molecule has 0 atom stereocenters. The first kappa shape index (κ1) is 18.4. The van der Waals surface area contributed by atoms with Gasteiger partial charge in [0.25, 0.3) is 0 Å². The highest BCUT2D eigenvalue weighted by atomic mass is 79.9. The number of nitrogens with one attached hydrogen (secondary N) is 1. The summed E-state index contributed by atoms with van der Waals surface area (Å²) in [5.41, 5.74) is 7.67. The molecule has 0 aliphatic heterocycles. The molecule has 3 N–H and O–H groups in total. The van der Waals surface area contributed by atoms with Gasteiger partial charge in [-0.25, -0.2) is 9.97 Å². The summed E-state index contributed by atoms with van der Waals surface area (Å²) < 4.78 is 11.3. The van der Waals surface area contributed by atoms with Crippen LogP contribution in [0.4, 0.5) is 23.0 Å². The summed E-state index contributed by atoms with van der Waals surface area (Å²) in [6.45, 7) is 2.47. The zero-order valence-electron chi connectivity index (χ0n) is 13.8. The lowest BCUT2D eigenvalue weighted by molar-refractivity contribution is 0.190. The highest BCUT2D eigenvalue weighted by Crippen LogP contribution is 2.29. The van der Waals surface area contributed by atoms with Crippen molar-refractivity contribution in [2.75, 3.05) is 56.5 Å². The number of methoxy groups -OCH3 is 2. The fourth-order valence-electron chi connectivity index (χ4n) is 2.17. The third-order valence-corrected chi connectivity index (χ3v) is 3.87. The second-order valence-electron chi connectivity index (χ2n) is 5.07. The van der Waals surface area contributed by atoms with E-state index < -0.39 is 0 Å². The predicted octanol–water partition coefficient (Wildman–Crippen LogP) is 2.66. The summed E-state index contributed by atoms with van der Waals surface area (Å²) in [7, 11) is 3.33. The average molecular weight is 396 g/mol. The van der Waals surface area contributed by atoms with Crippen LogP contribution in [0.15, 0.2) is 35.1 Å². The number of rotatable bonds is 9. The maximum absolute atomic E-state index is 6.29. The van der Waals surface area contributed by atoms with Crippen molar-refractivity contribution in [1.82, 2.24) is 9.97 Å². The zero-order valence-corrected chi connectivity index (χ0v) is 15.4. The molecule has 0 unspecified atom stereocenters. The molecule has 7 nitrogen and oxygen atoms in total. The highest BCUT2D eigenvalue weighted by molar-refractivity contribution is 9.10. The number of nitrogen functional groups attached to an aromatic ring is 1. The van der Waals surface area contributed by atoms with E-state index in [1.54, 1.807) is 14.2 Å². The summed E-state index contributed by atoms with van der Waals surface area (Å²) in [4.78, 5) is 10.6. The van der Waals surface area contributed by atoms with Crippen molar-refractivity contribution in [1.29, 1.82) is 0 Å². The van der Waals surface area contributed by atoms with Crippen LogP contribution in [0.3, 0.4) is 0 Å². The van der Waals surface area contributed by atoms with E-state index >= 15 is 0 Å². The number of halogens is 1. The van der Waals surface area contributed by atoms with Crippen molar-refractivity contribution in [3.05, 3.63) is 35.1 Å². The number of hydrogen-bond acceptors (Lipinski definition) is 7. The Morgan fingerprint density at radius 1 is 1.17 bits per heavy atom. The van der Waals surface area contributed by atoms with Gasteiger partial charge in [-0.05, 0) is 18.2 Å². The standard InChI is InChI=1S/C16H22BrN5O2/c1-23-8-6-22(7-9-24-2)16-14(18)15(19-11-20-16)21-13-5-3-4-12(17)10-13/h3-5,10-11H,6-9,18H2,1-2H3,(H,19,20,21). The van der Waals surface area contributed by atoms with Crippen LogP contribution in [0.1, 0.15) is 0 Å². The van der Waals surface area contributed by atoms with Crippen LogP contribution in [-0.2, 0) is 9.47 Å². The molecule has 0 aliphatic carbocycles. The zero-order chi connectivity index (χ0) is 17.4. The Morgan fingerprint density at radius 3 is 2.50 bits per heavy atom. The van der Waals surface area contributed by atoms with E-state index in [4.69, 9.17) is 15.2 Å². The molecular formula is C16H22BrN5O2. The lowest BCUT2D eigenvalue weighted by Gasteiger charge is -2.25. The largest absolute Gasteiger partial charge is 0.393 e. The van der Waals surface area contributed by atoms with E-state index in [2.05, 4.69) is 31.2 Å². The van der Waals surface area contributed by atoms with E-state index in [0.717, 1.165) is 10.2 Å². The first-order chi connectivity index (χ1) is 11.7. The number of benzene rings is 1. The predicted molar refractivity (Wildman–Crippen MR) is 99.8 cm³/mol. The molecule has 8 heteroatoms. The second kappa shape index (κ2) is 9.41.